The van der Waals surface area contributed by atoms with Crippen LogP contribution in [0.25, 0.3) is 11.0 Å². The molecule has 1 aromatic carbocycles. The maximum Gasteiger partial charge on any atom is 0.191 e. The first kappa shape index (κ1) is 22.3. The number of hydrogen-bond acceptors (Lipinski definition) is 3. The highest BCUT2D eigenvalue weighted by Gasteiger charge is 2.09. The lowest BCUT2D eigenvalue weighted by Crippen LogP contribution is -2.37. The van der Waals surface area contributed by atoms with E-state index in [0.717, 1.165) is 61.0 Å². The quantitative estimate of drug-likeness (QED) is 0.211. The topological polar surface area (TPSA) is 67.4 Å². The largest absolute Gasteiger partial charge is 0.459 e. The van der Waals surface area contributed by atoms with Gasteiger partial charge in [-0.25, -0.2) is 9.98 Å². The summed E-state index contributed by atoms with van der Waals surface area (Å²) in [6.07, 6.45) is 6.06. The standard InChI is InChI=1S/C21H29N5O.HI/c1-4-22-21(24-11-7-8-13-26-14-12-23-17(26)3)25-15-20-16(2)18-9-5-6-10-19(18)27-20;/h5-6,9-10,12,14H,4,7-8,11,13,15H2,1-3H3,(H2,22,24,25);1H. The van der Waals surface area contributed by atoms with Gasteiger partial charge < -0.3 is 19.6 Å². The number of guanidine groups is 1. The van der Waals surface area contributed by atoms with Gasteiger partial charge in [0.05, 0.1) is 0 Å². The van der Waals surface area contributed by atoms with E-state index in [1.807, 2.05) is 37.5 Å². The average molecular weight is 495 g/mol. The molecule has 0 aliphatic carbocycles. The maximum atomic E-state index is 5.95. The Bertz CT molecular complexity index is 899. The molecule has 0 atom stereocenters. The van der Waals surface area contributed by atoms with Crippen molar-refractivity contribution in [1.29, 1.82) is 0 Å². The first-order valence-corrected chi connectivity index (χ1v) is 9.66. The SMILES string of the molecule is CCNC(=NCc1oc2ccccc2c1C)NCCCCn1ccnc1C.I. The molecule has 0 aliphatic heterocycles. The number of hydrogen-bond donors (Lipinski definition) is 2. The molecule has 0 radical (unpaired) electrons. The fourth-order valence-electron chi connectivity index (χ4n) is 3.12. The minimum atomic E-state index is 0. The molecule has 0 unspecified atom stereocenters. The van der Waals surface area contributed by atoms with Crippen LogP contribution in [0.15, 0.2) is 46.1 Å². The van der Waals surface area contributed by atoms with Gasteiger partial charge in [0.25, 0.3) is 0 Å². The zero-order valence-electron chi connectivity index (χ0n) is 16.9. The molecule has 2 heterocycles. The fraction of sp³-hybridized carbons (Fsp3) is 0.429. The van der Waals surface area contributed by atoms with E-state index < -0.39 is 0 Å². The Morgan fingerprint density at radius 3 is 2.71 bits per heavy atom. The number of para-hydroxylation sites is 1. The monoisotopic (exact) mass is 495 g/mol. The highest BCUT2D eigenvalue weighted by atomic mass is 127. The Balaban J connectivity index is 0.00000280. The van der Waals surface area contributed by atoms with Crippen molar-refractivity contribution in [3.8, 4) is 0 Å². The van der Waals surface area contributed by atoms with E-state index >= 15 is 0 Å². The predicted molar refractivity (Wildman–Crippen MR) is 125 cm³/mol. The summed E-state index contributed by atoms with van der Waals surface area (Å²) in [5.41, 5.74) is 2.09. The van der Waals surface area contributed by atoms with Gasteiger partial charge in [-0.2, -0.15) is 0 Å². The van der Waals surface area contributed by atoms with Gasteiger partial charge in [-0.15, -0.1) is 24.0 Å². The molecule has 3 rings (SSSR count). The van der Waals surface area contributed by atoms with Crippen molar-refractivity contribution in [2.75, 3.05) is 13.1 Å². The van der Waals surface area contributed by atoms with Crippen LogP contribution in [0.3, 0.4) is 0 Å². The summed E-state index contributed by atoms with van der Waals surface area (Å²) in [4.78, 5) is 8.94. The average Bonchev–Trinajstić information content (AvgIpc) is 3.23. The van der Waals surface area contributed by atoms with E-state index in [1.165, 1.54) is 5.56 Å². The summed E-state index contributed by atoms with van der Waals surface area (Å²) < 4.78 is 8.14. The number of aromatic nitrogens is 2. The number of aryl methyl sites for hydroxylation is 3. The molecule has 0 amide bonds. The number of nitrogens with zero attached hydrogens (tertiary/aromatic N) is 3. The first-order chi connectivity index (χ1) is 13.2. The number of nitrogens with one attached hydrogen (secondary N) is 2. The summed E-state index contributed by atoms with van der Waals surface area (Å²) in [5.74, 6) is 2.82. The second kappa shape index (κ2) is 11.1. The molecule has 2 aromatic heterocycles. The van der Waals surface area contributed by atoms with Gasteiger partial charge in [-0.05, 0) is 39.7 Å². The fourth-order valence-corrected chi connectivity index (χ4v) is 3.12. The molecule has 0 saturated carbocycles. The summed E-state index contributed by atoms with van der Waals surface area (Å²) in [7, 11) is 0. The zero-order valence-corrected chi connectivity index (χ0v) is 19.2. The summed E-state index contributed by atoms with van der Waals surface area (Å²) in [5, 5.41) is 7.88. The number of furan rings is 1. The van der Waals surface area contributed by atoms with E-state index in [2.05, 4.69) is 45.1 Å². The Morgan fingerprint density at radius 1 is 1.18 bits per heavy atom. The second-order valence-electron chi connectivity index (χ2n) is 6.64. The summed E-state index contributed by atoms with van der Waals surface area (Å²) >= 11 is 0. The van der Waals surface area contributed by atoms with Crippen LogP contribution >= 0.6 is 24.0 Å². The zero-order chi connectivity index (χ0) is 19.1. The highest BCUT2D eigenvalue weighted by Crippen LogP contribution is 2.25. The number of rotatable bonds is 8. The van der Waals surface area contributed by atoms with Crippen LogP contribution in [-0.2, 0) is 13.1 Å². The number of aliphatic imine (C=N–C) groups is 1. The molecule has 152 valence electrons. The van der Waals surface area contributed by atoms with Crippen molar-refractivity contribution >= 4 is 40.9 Å². The molecular weight excluding hydrogens is 465 g/mol. The molecule has 6 nitrogen and oxygen atoms in total. The minimum Gasteiger partial charge on any atom is -0.459 e. The van der Waals surface area contributed by atoms with E-state index in [4.69, 9.17) is 4.42 Å². The second-order valence-corrected chi connectivity index (χ2v) is 6.64. The van der Waals surface area contributed by atoms with Gasteiger partial charge in [-0.3, -0.25) is 0 Å². The van der Waals surface area contributed by atoms with Gasteiger partial charge >= 0.3 is 0 Å². The molecule has 28 heavy (non-hydrogen) atoms. The molecule has 0 spiro atoms. The predicted octanol–water partition coefficient (Wildman–Crippen LogP) is 4.40. The normalized spacial score (nSPS) is 11.5. The minimum absolute atomic E-state index is 0. The van der Waals surface area contributed by atoms with Crippen molar-refractivity contribution in [2.45, 2.75) is 46.7 Å². The van der Waals surface area contributed by atoms with Crippen molar-refractivity contribution in [3.63, 3.8) is 0 Å². The molecule has 0 fully saturated rings. The number of fused-ring (bicyclic) bond motifs is 1. The van der Waals surface area contributed by atoms with Crippen molar-refractivity contribution in [2.24, 2.45) is 4.99 Å². The smallest absolute Gasteiger partial charge is 0.191 e. The lowest BCUT2D eigenvalue weighted by Gasteiger charge is -2.11. The van der Waals surface area contributed by atoms with Gasteiger partial charge in [0.1, 0.15) is 23.7 Å². The summed E-state index contributed by atoms with van der Waals surface area (Å²) in [6.45, 7) is 9.45. The Kier molecular flexibility index (Phi) is 8.82. The van der Waals surface area contributed by atoms with E-state index in [-0.39, 0.29) is 24.0 Å². The van der Waals surface area contributed by atoms with Crippen LogP contribution in [0.2, 0.25) is 0 Å². The van der Waals surface area contributed by atoms with Gasteiger partial charge in [0.2, 0.25) is 0 Å². The van der Waals surface area contributed by atoms with Gasteiger partial charge in [-0.1, -0.05) is 18.2 Å². The highest BCUT2D eigenvalue weighted by molar-refractivity contribution is 14.0. The Morgan fingerprint density at radius 2 is 2.00 bits per heavy atom. The van der Waals surface area contributed by atoms with Crippen LogP contribution in [0.1, 0.15) is 36.9 Å². The molecule has 0 saturated heterocycles. The molecule has 3 aromatic rings. The lowest BCUT2D eigenvalue weighted by molar-refractivity contribution is 0.547. The van der Waals surface area contributed by atoms with Crippen LogP contribution in [0.4, 0.5) is 0 Å². The molecular formula is C21H30IN5O. The maximum absolute atomic E-state index is 5.95. The molecule has 7 heteroatoms. The van der Waals surface area contributed by atoms with Crippen molar-refractivity contribution < 1.29 is 4.42 Å². The van der Waals surface area contributed by atoms with Crippen molar-refractivity contribution in [1.82, 2.24) is 20.2 Å². The third-order valence-electron chi connectivity index (χ3n) is 4.71. The third kappa shape index (κ3) is 5.73. The van der Waals surface area contributed by atoms with Crippen LogP contribution in [-0.4, -0.2) is 28.6 Å². The Labute approximate surface area is 183 Å². The first-order valence-electron chi connectivity index (χ1n) is 9.66. The van der Waals surface area contributed by atoms with Crippen molar-refractivity contribution in [3.05, 3.63) is 53.8 Å². The molecule has 0 bridgehead atoms. The van der Waals surface area contributed by atoms with Crippen LogP contribution in [0.5, 0.6) is 0 Å². The molecule has 2 N–H and O–H groups in total. The molecule has 0 aliphatic rings. The van der Waals surface area contributed by atoms with E-state index in [9.17, 15) is 0 Å². The Hall–Kier alpha value is -2.03. The number of imidazole rings is 1. The lowest BCUT2D eigenvalue weighted by atomic mass is 10.1. The third-order valence-corrected chi connectivity index (χ3v) is 4.71. The number of halogens is 1. The number of unbranched alkanes of at least 4 members (excludes halogenated alkanes) is 1. The number of benzene rings is 1. The summed E-state index contributed by atoms with van der Waals surface area (Å²) in [6, 6.07) is 8.12. The van der Waals surface area contributed by atoms with Crippen LogP contribution < -0.4 is 10.6 Å². The van der Waals surface area contributed by atoms with Gasteiger partial charge in [0.15, 0.2) is 5.96 Å². The van der Waals surface area contributed by atoms with E-state index in [0.29, 0.717) is 6.54 Å². The van der Waals surface area contributed by atoms with Gasteiger partial charge in [0, 0.05) is 43.0 Å². The van der Waals surface area contributed by atoms with E-state index in [1.54, 1.807) is 0 Å². The van der Waals surface area contributed by atoms with Crippen LogP contribution in [0, 0.1) is 13.8 Å².